The van der Waals surface area contributed by atoms with E-state index in [0.29, 0.717) is 24.5 Å². The molecule has 0 bridgehead atoms. The van der Waals surface area contributed by atoms with E-state index in [0.717, 1.165) is 18.6 Å². The lowest BCUT2D eigenvalue weighted by Gasteiger charge is -2.23. The predicted molar refractivity (Wildman–Crippen MR) is 75.2 cm³/mol. The van der Waals surface area contributed by atoms with Crippen LogP contribution in [0.4, 0.5) is 0 Å². The standard InChI is InChI=1S/C14H18O4S/c1-17-11-5-2-3-6-12(11)18-9-8-14(13(15)16)7-4-10-19-14/h2-3,5-6H,4,7-10H2,1H3,(H,15,16). The molecule has 104 valence electrons. The summed E-state index contributed by atoms with van der Waals surface area (Å²) < 4.78 is 10.2. The monoisotopic (exact) mass is 282 g/mol. The fourth-order valence-corrected chi connectivity index (χ4v) is 3.55. The smallest absolute Gasteiger partial charge is 0.319 e. The molecule has 0 aliphatic carbocycles. The van der Waals surface area contributed by atoms with Crippen LogP contribution in [0.2, 0.25) is 0 Å². The highest BCUT2D eigenvalue weighted by Gasteiger charge is 2.42. The highest BCUT2D eigenvalue weighted by molar-refractivity contribution is 8.01. The average Bonchev–Trinajstić information content (AvgIpc) is 2.89. The first kappa shape index (κ1) is 14.1. The number of benzene rings is 1. The molecule has 1 N–H and O–H groups in total. The van der Waals surface area contributed by atoms with E-state index < -0.39 is 10.7 Å². The minimum Gasteiger partial charge on any atom is -0.493 e. The molecule has 1 saturated heterocycles. The van der Waals surface area contributed by atoms with Crippen LogP contribution in [0, 0.1) is 0 Å². The van der Waals surface area contributed by atoms with Crippen LogP contribution in [0.25, 0.3) is 0 Å². The van der Waals surface area contributed by atoms with Gasteiger partial charge in [-0.25, -0.2) is 0 Å². The summed E-state index contributed by atoms with van der Waals surface area (Å²) >= 11 is 1.53. The maximum absolute atomic E-state index is 11.4. The van der Waals surface area contributed by atoms with Crippen molar-refractivity contribution < 1.29 is 19.4 Å². The van der Waals surface area contributed by atoms with Gasteiger partial charge in [-0.05, 0) is 30.7 Å². The van der Waals surface area contributed by atoms with Crippen molar-refractivity contribution in [2.45, 2.75) is 24.0 Å². The van der Waals surface area contributed by atoms with Gasteiger partial charge in [-0.2, -0.15) is 0 Å². The van der Waals surface area contributed by atoms with Crippen LogP contribution in [0.3, 0.4) is 0 Å². The van der Waals surface area contributed by atoms with Crippen LogP contribution in [-0.4, -0.2) is 35.3 Å². The van der Waals surface area contributed by atoms with Crippen molar-refractivity contribution in [3.63, 3.8) is 0 Å². The SMILES string of the molecule is COc1ccccc1OCCC1(C(=O)O)CCCS1. The zero-order chi connectivity index (χ0) is 13.7. The Morgan fingerprint density at radius 3 is 2.74 bits per heavy atom. The topological polar surface area (TPSA) is 55.8 Å². The number of carboxylic acids is 1. The first-order valence-corrected chi connectivity index (χ1v) is 7.30. The lowest BCUT2D eigenvalue weighted by molar-refractivity contribution is -0.140. The Morgan fingerprint density at radius 2 is 2.16 bits per heavy atom. The fraction of sp³-hybridized carbons (Fsp3) is 0.500. The second kappa shape index (κ2) is 6.19. The minimum absolute atomic E-state index is 0.389. The van der Waals surface area contributed by atoms with Gasteiger partial charge >= 0.3 is 5.97 Å². The molecule has 0 radical (unpaired) electrons. The summed E-state index contributed by atoms with van der Waals surface area (Å²) in [4.78, 5) is 11.4. The third kappa shape index (κ3) is 3.15. The predicted octanol–water partition coefficient (Wildman–Crippen LogP) is 2.81. The van der Waals surface area contributed by atoms with Gasteiger partial charge in [-0.3, -0.25) is 4.79 Å². The molecule has 0 amide bonds. The van der Waals surface area contributed by atoms with Gasteiger partial charge in [-0.1, -0.05) is 12.1 Å². The van der Waals surface area contributed by atoms with Crippen molar-refractivity contribution in [3.05, 3.63) is 24.3 Å². The Kier molecular flexibility index (Phi) is 4.58. The molecule has 1 unspecified atom stereocenters. The number of ether oxygens (including phenoxy) is 2. The zero-order valence-electron chi connectivity index (χ0n) is 10.9. The lowest BCUT2D eigenvalue weighted by atomic mass is 10.00. The quantitative estimate of drug-likeness (QED) is 0.869. The second-order valence-electron chi connectivity index (χ2n) is 4.50. The molecular weight excluding hydrogens is 264 g/mol. The van der Waals surface area contributed by atoms with Gasteiger partial charge in [-0.15, -0.1) is 11.8 Å². The number of carbonyl (C=O) groups is 1. The molecule has 2 rings (SSSR count). The minimum atomic E-state index is -0.723. The van der Waals surface area contributed by atoms with E-state index >= 15 is 0 Å². The van der Waals surface area contributed by atoms with Gasteiger partial charge < -0.3 is 14.6 Å². The van der Waals surface area contributed by atoms with Gasteiger partial charge in [0, 0.05) is 6.42 Å². The molecule has 1 aromatic rings. The lowest BCUT2D eigenvalue weighted by Crippen LogP contribution is -2.34. The number of aliphatic carboxylic acids is 1. The highest BCUT2D eigenvalue weighted by atomic mass is 32.2. The summed E-state index contributed by atoms with van der Waals surface area (Å²) in [6.45, 7) is 0.389. The third-order valence-corrected chi connectivity index (χ3v) is 4.95. The van der Waals surface area contributed by atoms with Crippen molar-refractivity contribution in [2.24, 2.45) is 0 Å². The summed E-state index contributed by atoms with van der Waals surface area (Å²) in [5, 5.41) is 9.36. The van der Waals surface area contributed by atoms with Gasteiger partial charge in [0.15, 0.2) is 11.5 Å². The van der Waals surface area contributed by atoms with Crippen LogP contribution in [0.5, 0.6) is 11.5 Å². The van der Waals surface area contributed by atoms with E-state index in [1.54, 1.807) is 7.11 Å². The zero-order valence-corrected chi connectivity index (χ0v) is 11.7. The summed E-state index contributed by atoms with van der Waals surface area (Å²) in [6, 6.07) is 7.40. The first-order chi connectivity index (χ1) is 9.18. The first-order valence-electron chi connectivity index (χ1n) is 6.31. The number of rotatable bonds is 6. The van der Waals surface area contributed by atoms with Crippen molar-refractivity contribution in [2.75, 3.05) is 19.5 Å². The van der Waals surface area contributed by atoms with E-state index in [2.05, 4.69) is 0 Å². The van der Waals surface area contributed by atoms with Crippen LogP contribution in [0.15, 0.2) is 24.3 Å². The molecule has 0 spiro atoms. The van der Waals surface area contributed by atoms with Gasteiger partial charge in [0.1, 0.15) is 4.75 Å². The second-order valence-corrected chi connectivity index (χ2v) is 5.98. The van der Waals surface area contributed by atoms with Gasteiger partial charge in [0.2, 0.25) is 0 Å². The van der Waals surface area contributed by atoms with E-state index in [9.17, 15) is 9.90 Å². The number of hydrogen-bond donors (Lipinski definition) is 1. The van der Waals surface area contributed by atoms with E-state index in [4.69, 9.17) is 9.47 Å². The van der Waals surface area contributed by atoms with Crippen LogP contribution in [0.1, 0.15) is 19.3 Å². The number of carboxylic acid groups (broad SMARTS) is 1. The van der Waals surface area contributed by atoms with E-state index in [-0.39, 0.29) is 0 Å². The molecule has 1 aliphatic rings. The van der Waals surface area contributed by atoms with Gasteiger partial charge in [0.05, 0.1) is 13.7 Å². The Morgan fingerprint density at radius 1 is 1.42 bits per heavy atom. The van der Waals surface area contributed by atoms with E-state index in [1.165, 1.54) is 11.8 Å². The highest BCUT2D eigenvalue weighted by Crippen LogP contribution is 2.41. The molecule has 1 fully saturated rings. The van der Waals surface area contributed by atoms with Crippen molar-refractivity contribution in [1.82, 2.24) is 0 Å². The summed E-state index contributed by atoms with van der Waals surface area (Å²) in [7, 11) is 1.59. The average molecular weight is 282 g/mol. The number of methoxy groups -OCH3 is 1. The molecule has 0 saturated carbocycles. The van der Waals surface area contributed by atoms with Crippen LogP contribution in [-0.2, 0) is 4.79 Å². The normalized spacial score (nSPS) is 22.2. The Balaban J connectivity index is 1.94. The molecule has 0 aromatic heterocycles. The van der Waals surface area contributed by atoms with Crippen LogP contribution >= 0.6 is 11.8 Å². The third-order valence-electron chi connectivity index (χ3n) is 3.33. The van der Waals surface area contributed by atoms with Crippen molar-refractivity contribution >= 4 is 17.7 Å². The molecule has 5 heteroatoms. The van der Waals surface area contributed by atoms with E-state index in [1.807, 2.05) is 24.3 Å². The molecular formula is C14H18O4S. The Bertz CT molecular complexity index is 441. The summed E-state index contributed by atoms with van der Waals surface area (Å²) in [5.74, 6) is 1.53. The molecule has 19 heavy (non-hydrogen) atoms. The number of thioether (sulfide) groups is 1. The number of para-hydroxylation sites is 2. The molecule has 1 aromatic carbocycles. The molecule has 4 nitrogen and oxygen atoms in total. The molecule has 1 atom stereocenters. The molecule has 1 heterocycles. The molecule has 1 aliphatic heterocycles. The Labute approximate surface area is 117 Å². The Hall–Kier alpha value is -1.36. The fourth-order valence-electron chi connectivity index (χ4n) is 2.23. The van der Waals surface area contributed by atoms with Crippen LogP contribution < -0.4 is 9.47 Å². The summed E-state index contributed by atoms with van der Waals surface area (Å²) in [5.41, 5.74) is 0. The maximum Gasteiger partial charge on any atom is 0.319 e. The van der Waals surface area contributed by atoms with Gasteiger partial charge in [0.25, 0.3) is 0 Å². The summed E-state index contributed by atoms with van der Waals surface area (Å²) in [6.07, 6.45) is 2.21. The number of hydrogen-bond acceptors (Lipinski definition) is 4. The maximum atomic E-state index is 11.4. The van der Waals surface area contributed by atoms with Crippen molar-refractivity contribution in [1.29, 1.82) is 0 Å². The largest absolute Gasteiger partial charge is 0.493 e. The van der Waals surface area contributed by atoms with Crippen molar-refractivity contribution in [3.8, 4) is 11.5 Å².